The van der Waals surface area contributed by atoms with Gasteiger partial charge in [0.2, 0.25) is 0 Å². The molecule has 1 aliphatic heterocycles. The molecular formula is C27H26N4O3. The van der Waals surface area contributed by atoms with Crippen molar-refractivity contribution in [3.63, 3.8) is 0 Å². The van der Waals surface area contributed by atoms with Crippen LogP contribution in [-0.2, 0) is 4.74 Å². The van der Waals surface area contributed by atoms with Crippen molar-refractivity contribution in [2.75, 3.05) is 37.7 Å². The number of amides is 1. The Kier molecular flexibility index (Phi) is 6.25. The molecule has 0 radical (unpaired) electrons. The maximum absolute atomic E-state index is 12.1. The van der Waals surface area contributed by atoms with Crippen molar-refractivity contribution in [1.82, 2.24) is 14.9 Å². The van der Waals surface area contributed by atoms with Crippen molar-refractivity contribution >= 4 is 22.8 Å². The molecule has 3 aromatic carbocycles. The van der Waals surface area contributed by atoms with Crippen LogP contribution < -0.4 is 9.64 Å². The lowest BCUT2D eigenvalue weighted by Gasteiger charge is -2.35. The molecule has 0 N–H and O–H groups in total. The number of rotatable bonds is 5. The Morgan fingerprint density at radius 3 is 2.24 bits per heavy atom. The highest BCUT2D eigenvalue weighted by atomic mass is 16.6. The molecular weight excluding hydrogens is 428 g/mol. The van der Waals surface area contributed by atoms with Crippen molar-refractivity contribution < 1.29 is 14.3 Å². The van der Waals surface area contributed by atoms with E-state index < -0.39 is 0 Å². The van der Waals surface area contributed by atoms with Gasteiger partial charge in [-0.2, -0.15) is 0 Å². The van der Waals surface area contributed by atoms with Gasteiger partial charge in [0.25, 0.3) is 0 Å². The maximum atomic E-state index is 12.1. The van der Waals surface area contributed by atoms with E-state index in [4.69, 9.17) is 19.4 Å². The minimum absolute atomic E-state index is 0.256. The number of nitrogens with zero attached hydrogens (tertiary/aromatic N) is 4. The maximum Gasteiger partial charge on any atom is 0.409 e. The molecule has 34 heavy (non-hydrogen) atoms. The number of aromatic nitrogens is 2. The first kappa shape index (κ1) is 21.7. The summed E-state index contributed by atoms with van der Waals surface area (Å²) in [6.07, 6.45) is -0.256. The molecule has 0 unspecified atom stereocenters. The fraction of sp³-hybridized carbons (Fsp3) is 0.222. The molecule has 7 nitrogen and oxygen atoms in total. The van der Waals surface area contributed by atoms with Crippen molar-refractivity contribution in [3.8, 4) is 22.9 Å². The van der Waals surface area contributed by atoms with E-state index in [0.29, 0.717) is 38.6 Å². The summed E-state index contributed by atoms with van der Waals surface area (Å²) >= 11 is 0. The molecule has 5 rings (SSSR count). The normalized spacial score (nSPS) is 13.7. The van der Waals surface area contributed by atoms with E-state index >= 15 is 0 Å². The van der Waals surface area contributed by atoms with Crippen LogP contribution in [0.3, 0.4) is 0 Å². The van der Waals surface area contributed by atoms with Gasteiger partial charge in [0.1, 0.15) is 17.3 Å². The summed E-state index contributed by atoms with van der Waals surface area (Å²) in [4.78, 5) is 25.8. The van der Waals surface area contributed by atoms with Crippen molar-refractivity contribution in [2.24, 2.45) is 0 Å². The third-order valence-electron chi connectivity index (χ3n) is 5.78. The first-order chi connectivity index (χ1) is 16.7. The van der Waals surface area contributed by atoms with Crippen LogP contribution in [0.15, 0.2) is 78.9 Å². The molecule has 0 aliphatic carbocycles. The van der Waals surface area contributed by atoms with Crippen LogP contribution in [-0.4, -0.2) is 53.7 Å². The van der Waals surface area contributed by atoms with Gasteiger partial charge in [0.05, 0.1) is 12.1 Å². The minimum atomic E-state index is -0.256. The van der Waals surface area contributed by atoms with Gasteiger partial charge in [-0.1, -0.05) is 30.3 Å². The number of benzene rings is 3. The van der Waals surface area contributed by atoms with Gasteiger partial charge in [-0.25, -0.2) is 14.8 Å². The molecule has 1 saturated heterocycles. The van der Waals surface area contributed by atoms with Gasteiger partial charge in [0, 0.05) is 37.1 Å². The number of hydrogen-bond acceptors (Lipinski definition) is 6. The van der Waals surface area contributed by atoms with E-state index in [1.54, 1.807) is 4.90 Å². The standard InChI is InChI=1S/C27H26N4O3/c1-2-33-27(32)31-18-16-30(17-19-31)26-23-10-6-7-11-24(23)28-25(29-26)20-12-14-22(15-13-20)34-21-8-4-3-5-9-21/h3-15H,2,16-19H2,1H3. The quantitative estimate of drug-likeness (QED) is 0.404. The lowest BCUT2D eigenvalue weighted by Crippen LogP contribution is -2.49. The van der Waals surface area contributed by atoms with Gasteiger partial charge in [-0.3, -0.25) is 0 Å². The SMILES string of the molecule is CCOC(=O)N1CCN(c2nc(-c3ccc(Oc4ccccc4)cc3)nc3ccccc23)CC1. The van der Waals surface area contributed by atoms with E-state index in [1.165, 1.54) is 0 Å². The number of para-hydroxylation sites is 2. The van der Waals surface area contributed by atoms with Gasteiger partial charge in [-0.15, -0.1) is 0 Å². The topological polar surface area (TPSA) is 67.8 Å². The van der Waals surface area contributed by atoms with E-state index in [2.05, 4.69) is 4.90 Å². The number of carbonyl (C=O) groups excluding carboxylic acids is 1. The molecule has 0 atom stereocenters. The van der Waals surface area contributed by atoms with Crippen LogP contribution in [0.25, 0.3) is 22.3 Å². The number of ether oxygens (including phenoxy) is 2. The second-order valence-electron chi connectivity index (χ2n) is 8.00. The first-order valence-corrected chi connectivity index (χ1v) is 11.5. The van der Waals surface area contributed by atoms with Gasteiger partial charge >= 0.3 is 6.09 Å². The Morgan fingerprint density at radius 2 is 1.50 bits per heavy atom. The molecule has 1 amide bonds. The van der Waals surface area contributed by atoms with Gasteiger partial charge in [0.15, 0.2) is 5.82 Å². The molecule has 0 saturated carbocycles. The molecule has 1 aromatic heterocycles. The van der Waals surface area contributed by atoms with Gasteiger partial charge < -0.3 is 19.3 Å². The molecule has 7 heteroatoms. The number of fused-ring (bicyclic) bond motifs is 1. The second-order valence-corrected chi connectivity index (χ2v) is 8.00. The fourth-order valence-corrected chi connectivity index (χ4v) is 4.04. The monoisotopic (exact) mass is 454 g/mol. The van der Waals surface area contributed by atoms with Crippen LogP contribution >= 0.6 is 0 Å². The minimum Gasteiger partial charge on any atom is -0.457 e. The Hall–Kier alpha value is -4.13. The Balaban J connectivity index is 1.41. The van der Waals surface area contributed by atoms with Crippen LogP contribution in [0, 0.1) is 0 Å². The third-order valence-corrected chi connectivity index (χ3v) is 5.78. The summed E-state index contributed by atoms with van der Waals surface area (Å²) in [5.41, 5.74) is 1.80. The average molecular weight is 455 g/mol. The smallest absolute Gasteiger partial charge is 0.409 e. The zero-order valence-corrected chi connectivity index (χ0v) is 19.1. The summed E-state index contributed by atoms with van der Waals surface area (Å²) in [5, 5.41) is 1.000. The molecule has 0 spiro atoms. The average Bonchev–Trinajstić information content (AvgIpc) is 2.89. The van der Waals surface area contributed by atoms with Crippen LogP contribution in [0.5, 0.6) is 11.5 Å². The summed E-state index contributed by atoms with van der Waals surface area (Å²) in [7, 11) is 0. The summed E-state index contributed by atoms with van der Waals surface area (Å²) in [5.74, 6) is 3.09. The summed E-state index contributed by atoms with van der Waals surface area (Å²) in [6, 6.07) is 25.5. The number of hydrogen-bond donors (Lipinski definition) is 0. The Labute approximate surface area is 198 Å². The van der Waals surface area contributed by atoms with Crippen molar-refractivity contribution in [2.45, 2.75) is 6.92 Å². The summed E-state index contributed by atoms with van der Waals surface area (Å²) < 4.78 is 11.1. The van der Waals surface area contributed by atoms with Crippen LogP contribution in [0.1, 0.15) is 6.92 Å². The van der Waals surface area contributed by atoms with Gasteiger partial charge in [-0.05, 0) is 55.5 Å². The lowest BCUT2D eigenvalue weighted by molar-refractivity contribution is 0.105. The fourth-order valence-electron chi connectivity index (χ4n) is 4.04. The highest BCUT2D eigenvalue weighted by Crippen LogP contribution is 2.30. The van der Waals surface area contributed by atoms with Crippen molar-refractivity contribution in [3.05, 3.63) is 78.9 Å². The first-order valence-electron chi connectivity index (χ1n) is 11.5. The van der Waals surface area contributed by atoms with Crippen LogP contribution in [0.4, 0.5) is 10.6 Å². The zero-order chi connectivity index (χ0) is 23.3. The predicted octanol–water partition coefficient (Wildman–Crippen LogP) is 5.37. The van der Waals surface area contributed by atoms with E-state index in [-0.39, 0.29) is 6.09 Å². The molecule has 0 bridgehead atoms. The lowest BCUT2D eigenvalue weighted by atomic mass is 10.1. The Morgan fingerprint density at radius 1 is 0.824 bits per heavy atom. The van der Waals surface area contributed by atoms with Crippen LogP contribution in [0.2, 0.25) is 0 Å². The molecule has 172 valence electrons. The Bertz CT molecular complexity index is 1270. The van der Waals surface area contributed by atoms with E-state index in [9.17, 15) is 4.79 Å². The third kappa shape index (κ3) is 4.64. The number of piperazine rings is 1. The molecule has 1 fully saturated rings. The molecule has 4 aromatic rings. The second kappa shape index (κ2) is 9.79. The largest absolute Gasteiger partial charge is 0.457 e. The van der Waals surface area contributed by atoms with E-state index in [1.807, 2.05) is 85.8 Å². The van der Waals surface area contributed by atoms with Crippen molar-refractivity contribution in [1.29, 1.82) is 0 Å². The molecule has 2 heterocycles. The predicted molar refractivity (Wildman–Crippen MR) is 132 cm³/mol. The number of carbonyl (C=O) groups is 1. The zero-order valence-electron chi connectivity index (χ0n) is 19.1. The highest BCUT2D eigenvalue weighted by molar-refractivity contribution is 5.91. The van der Waals surface area contributed by atoms with E-state index in [0.717, 1.165) is 33.8 Å². The molecule has 1 aliphatic rings. The highest BCUT2D eigenvalue weighted by Gasteiger charge is 2.24. The number of anilines is 1. The summed E-state index contributed by atoms with van der Waals surface area (Å²) in [6.45, 7) is 4.76.